The molecular weight excluding hydrogens is 275 g/mol. The van der Waals surface area contributed by atoms with Crippen LogP contribution in [-0.4, -0.2) is 23.0 Å². The number of benzene rings is 1. The van der Waals surface area contributed by atoms with Crippen molar-refractivity contribution in [2.24, 2.45) is 5.92 Å². The zero-order valence-electron chi connectivity index (χ0n) is 12.4. The Morgan fingerprint density at radius 2 is 2.00 bits per heavy atom. The molecule has 1 aromatic carbocycles. The number of hydrogen-bond donors (Lipinski definition) is 3. The maximum atomic E-state index is 13.3. The fourth-order valence-corrected chi connectivity index (χ4v) is 1.91. The van der Waals surface area contributed by atoms with Gasteiger partial charge in [-0.3, -0.25) is 9.59 Å². The van der Waals surface area contributed by atoms with Crippen molar-refractivity contribution in [1.29, 1.82) is 0 Å². The van der Waals surface area contributed by atoms with Crippen LogP contribution >= 0.6 is 0 Å². The van der Waals surface area contributed by atoms with Crippen molar-refractivity contribution >= 4 is 11.8 Å². The van der Waals surface area contributed by atoms with Gasteiger partial charge in [0.05, 0.1) is 6.61 Å². The summed E-state index contributed by atoms with van der Waals surface area (Å²) in [5.41, 5.74) is 0.864. The number of rotatable bonds is 6. The monoisotopic (exact) mass is 296 g/mol. The molecule has 0 spiro atoms. The Labute approximate surface area is 123 Å². The van der Waals surface area contributed by atoms with Gasteiger partial charge in [-0.1, -0.05) is 19.9 Å². The summed E-state index contributed by atoms with van der Waals surface area (Å²) in [5, 5.41) is 14.3. The summed E-state index contributed by atoms with van der Waals surface area (Å²) < 4.78 is 13.3. The summed E-state index contributed by atoms with van der Waals surface area (Å²) in [5.74, 6) is -1.09. The summed E-state index contributed by atoms with van der Waals surface area (Å²) in [6, 6.07) is 3.68. The summed E-state index contributed by atoms with van der Waals surface area (Å²) in [4.78, 5) is 23.2. The molecule has 0 heterocycles. The third kappa shape index (κ3) is 5.15. The first kappa shape index (κ1) is 17.1. The van der Waals surface area contributed by atoms with E-state index in [0.29, 0.717) is 5.56 Å². The number of halogens is 1. The largest absolute Gasteiger partial charge is 0.392 e. The van der Waals surface area contributed by atoms with Gasteiger partial charge in [0, 0.05) is 19.0 Å². The minimum Gasteiger partial charge on any atom is -0.392 e. The van der Waals surface area contributed by atoms with Crippen molar-refractivity contribution < 1.29 is 19.1 Å². The van der Waals surface area contributed by atoms with Crippen molar-refractivity contribution in [3.8, 4) is 0 Å². The second-order valence-electron chi connectivity index (χ2n) is 5.22. The average molecular weight is 296 g/mol. The van der Waals surface area contributed by atoms with Gasteiger partial charge in [0.1, 0.15) is 11.9 Å². The highest BCUT2D eigenvalue weighted by Crippen LogP contribution is 2.11. The molecule has 0 aliphatic rings. The highest BCUT2D eigenvalue weighted by molar-refractivity contribution is 5.87. The Morgan fingerprint density at radius 3 is 2.52 bits per heavy atom. The Morgan fingerprint density at radius 1 is 1.33 bits per heavy atom. The van der Waals surface area contributed by atoms with Crippen LogP contribution in [0.5, 0.6) is 0 Å². The van der Waals surface area contributed by atoms with Gasteiger partial charge in [0.2, 0.25) is 11.8 Å². The number of aliphatic hydroxyl groups is 1. The topological polar surface area (TPSA) is 78.4 Å². The molecule has 0 aromatic heterocycles. The molecule has 2 amide bonds. The summed E-state index contributed by atoms with van der Waals surface area (Å²) in [7, 11) is 0. The molecule has 0 saturated carbocycles. The first-order valence-electron chi connectivity index (χ1n) is 6.78. The third-order valence-electron chi connectivity index (χ3n) is 3.06. The molecule has 1 rings (SSSR count). The molecule has 0 radical (unpaired) electrons. The quantitative estimate of drug-likeness (QED) is 0.735. The number of carbonyl (C=O) groups is 2. The van der Waals surface area contributed by atoms with E-state index < -0.39 is 18.5 Å². The lowest BCUT2D eigenvalue weighted by Crippen LogP contribution is -2.48. The van der Waals surface area contributed by atoms with Gasteiger partial charge < -0.3 is 15.7 Å². The number of carbonyl (C=O) groups excluding carboxylic acids is 2. The first-order valence-corrected chi connectivity index (χ1v) is 6.78. The van der Waals surface area contributed by atoms with E-state index in [1.54, 1.807) is 0 Å². The number of nitrogens with one attached hydrogen (secondary N) is 2. The van der Waals surface area contributed by atoms with E-state index in [-0.39, 0.29) is 29.8 Å². The van der Waals surface area contributed by atoms with Crippen molar-refractivity contribution in [1.82, 2.24) is 10.6 Å². The van der Waals surface area contributed by atoms with Crippen molar-refractivity contribution in [2.75, 3.05) is 0 Å². The molecule has 1 unspecified atom stereocenters. The number of hydrogen-bond acceptors (Lipinski definition) is 3. The predicted octanol–water partition coefficient (Wildman–Crippen LogP) is 1.09. The second-order valence-corrected chi connectivity index (χ2v) is 5.22. The molecular formula is C15H21FN2O3. The molecule has 116 valence electrons. The third-order valence-corrected chi connectivity index (χ3v) is 3.06. The molecule has 3 N–H and O–H groups in total. The molecule has 0 aliphatic heterocycles. The van der Waals surface area contributed by atoms with E-state index in [1.807, 2.05) is 13.8 Å². The van der Waals surface area contributed by atoms with Crippen LogP contribution in [0.15, 0.2) is 18.2 Å². The molecule has 0 saturated heterocycles. The zero-order chi connectivity index (χ0) is 16.0. The second kappa shape index (κ2) is 7.73. The van der Waals surface area contributed by atoms with Gasteiger partial charge in [0.15, 0.2) is 0 Å². The molecule has 6 heteroatoms. The van der Waals surface area contributed by atoms with E-state index in [0.717, 1.165) is 0 Å². The fraction of sp³-hybridized carbons (Fsp3) is 0.467. The lowest BCUT2D eigenvalue weighted by molar-refractivity contribution is -0.129. The van der Waals surface area contributed by atoms with Crippen molar-refractivity contribution in [3.05, 3.63) is 35.1 Å². The van der Waals surface area contributed by atoms with Gasteiger partial charge in [0.25, 0.3) is 0 Å². The van der Waals surface area contributed by atoms with Crippen molar-refractivity contribution in [2.45, 2.75) is 40.0 Å². The van der Waals surface area contributed by atoms with Crippen LogP contribution in [0, 0.1) is 11.7 Å². The Balaban J connectivity index is 2.68. The average Bonchev–Trinajstić information content (AvgIpc) is 2.43. The van der Waals surface area contributed by atoms with Crippen LogP contribution in [0.4, 0.5) is 4.39 Å². The van der Waals surface area contributed by atoms with Crippen LogP contribution < -0.4 is 10.6 Å². The molecule has 5 nitrogen and oxygen atoms in total. The Hall–Kier alpha value is -1.95. The van der Waals surface area contributed by atoms with Crippen LogP contribution in [-0.2, 0) is 22.7 Å². The number of aliphatic hydroxyl groups excluding tert-OH is 1. The van der Waals surface area contributed by atoms with Gasteiger partial charge in [-0.2, -0.15) is 0 Å². The van der Waals surface area contributed by atoms with E-state index in [2.05, 4.69) is 10.6 Å². The Bertz CT molecular complexity index is 518. The van der Waals surface area contributed by atoms with E-state index >= 15 is 0 Å². The van der Waals surface area contributed by atoms with Crippen molar-refractivity contribution in [3.63, 3.8) is 0 Å². The highest BCUT2D eigenvalue weighted by Gasteiger charge is 2.22. The van der Waals surface area contributed by atoms with E-state index in [1.165, 1.54) is 25.1 Å². The van der Waals surface area contributed by atoms with Gasteiger partial charge >= 0.3 is 0 Å². The zero-order valence-corrected chi connectivity index (χ0v) is 12.4. The van der Waals surface area contributed by atoms with Crippen LogP contribution in [0.2, 0.25) is 0 Å². The lowest BCUT2D eigenvalue weighted by Gasteiger charge is -2.21. The first-order chi connectivity index (χ1) is 9.85. The lowest BCUT2D eigenvalue weighted by atomic mass is 10.0. The summed E-state index contributed by atoms with van der Waals surface area (Å²) in [6.07, 6.45) is 0. The van der Waals surface area contributed by atoms with Gasteiger partial charge in [-0.05, 0) is 23.6 Å². The minimum absolute atomic E-state index is 0.0462. The van der Waals surface area contributed by atoms with Gasteiger partial charge in [-0.25, -0.2) is 4.39 Å². The molecule has 1 atom stereocenters. The normalized spacial score (nSPS) is 12.1. The molecule has 21 heavy (non-hydrogen) atoms. The minimum atomic E-state index is -0.611. The summed E-state index contributed by atoms with van der Waals surface area (Å²) in [6.45, 7) is 4.84. The molecule has 0 bridgehead atoms. The standard InChI is InChI=1S/C15H21FN2O3/c1-9(2)14(18-10(3)20)15(21)17-7-11-4-5-13(16)12(6-11)8-19/h4-6,9,14,19H,7-8H2,1-3H3,(H,17,21)(H,18,20). The maximum Gasteiger partial charge on any atom is 0.243 e. The predicted molar refractivity (Wildman–Crippen MR) is 76.6 cm³/mol. The highest BCUT2D eigenvalue weighted by atomic mass is 19.1. The smallest absolute Gasteiger partial charge is 0.243 e. The van der Waals surface area contributed by atoms with Crippen LogP contribution in [0.1, 0.15) is 31.9 Å². The molecule has 1 aromatic rings. The Kier molecular flexibility index (Phi) is 6.30. The van der Waals surface area contributed by atoms with E-state index in [9.17, 15) is 14.0 Å². The van der Waals surface area contributed by atoms with Gasteiger partial charge in [-0.15, -0.1) is 0 Å². The fourth-order valence-electron chi connectivity index (χ4n) is 1.91. The maximum absolute atomic E-state index is 13.3. The number of amides is 2. The molecule has 0 fully saturated rings. The SMILES string of the molecule is CC(=O)NC(C(=O)NCc1ccc(F)c(CO)c1)C(C)C. The summed E-state index contributed by atoms with van der Waals surface area (Å²) >= 11 is 0. The van der Waals surface area contributed by atoms with Crippen LogP contribution in [0.3, 0.4) is 0 Å². The van der Waals surface area contributed by atoms with Crippen LogP contribution in [0.25, 0.3) is 0 Å². The van der Waals surface area contributed by atoms with E-state index in [4.69, 9.17) is 5.11 Å². The molecule has 0 aliphatic carbocycles.